The van der Waals surface area contributed by atoms with Crippen LogP contribution in [-0.2, 0) is 25.2 Å². The molecule has 0 saturated carbocycles. The fourth-order valence-corrected chi connectivity index (χ4v) is 8.40. The van der Waals surface area contributed by atoms with Crippen LogP contribution in [0.4, 0.5) is 18.9 Å². The first-order valence-corrected chi connectivity index (χ1v) is 16.4. The number of carbonyl (C=O) groups is 2. The minimum Gasteiger partial charge on any atom is -0.497 e. The average molecular weight is 774 g/mol. The van der Waals surface area contributed by atoms with E-state index >= 15 is 4.79 Å². The Morgan fingerprint density at radius 1 is 1.09 bits per heavy atom. The standard InChI is InChI=1S/C30H27F3IN3O8S/c1-35(2)27(38)22-7-5-13-36(22)29(19-6-4-8-23-26(19)44-16-43-23)20-14-17(34)9-11-21(20)37(28(29)39)46(40,41)25-12-10-18(42-3)15-24(25)45-30(31,32)33/h4,6,8-12,14-15,22H,5,7,13,16H2,1-3H3/t22-,29?/m0/s1. The number of methoxy groups -OCH3 is 1. The fraction of sp³-hybridized carbons (Fsp3) is 0.333. The summed E-state index contributed by atoms with van der Waals surface area (Å²) < 4.78 is 91.5. The molecule has 0 spiro atoms. The number of likely N-dealkylation sites (N-methyl/N-ethyl adjacent to an activating group) is 1. The Kier molecular flexibility index (Phi) is 8.03. The van der Waals surface area contributed by atoms with Gasteiger partial charge < -0.3 is 23.8 Å². The molecule has 16 heteroatoms. The molecule has 0 radical (unpaired) electrons. The number of fused-ring (bicyclic) bond motifs is 2. The first-order valence-electron chi connectivity index (χ1n) is 13.9. The highest BCUT2D eigenvalue weighted by Gasteiger charge is 2.63. The zero-order valence-electron chi connectivity index (χ0n) is 24.6. The normalized spacial score (nSPS) is 21.0. The summed E-state index contributed by atoms with van der Waals surface area (Å²) in [4.78, 5) is 31.0. The van der Waals surface area contributed by atoms with Gasteiger partial charge in [-0.2, -0.15) is 0 Å². The number of amides is 2. The minimum atomic E-state index is -5.26. The van der Waals surface area contributed by atoms with Crippen LogP contribution in [0.2, 0.25) is 0 Å². The summed E-state index contributed by atoms with van der Waals surface area (Å²) in [5, 5.41) is 0. The fourth-order valence-electron chi connectivity index (χ4n) is 6.35. The molecule has 0 N–H and O–H groups in total. The Morgan fingerprint density at radius 2 is 1.85 bits per heavy atom. The SMILES string of the molecule is COc1ccc(S(=O)(=O)N2C(=O)C(c3cccc4c3OCO4)(N3CCC[C@H]3C(=O)N(C)C)c3cc(I)ccc32)c(OC(F)(F)F)c1. The van der Waals surface area contributed by atoms with Gasteiger partial charge in [-0.1, -0.05) is 12.1 Å². The van der Waals surface area contributed by atoms with Gasteiger partial charge in [0.15, 0.2) is 22.8 Å². The summed E-state index contributed by atoms with van der Waals surface area (Å²) in [7, 11) is -0.751. The van der Waals surface area contributed by atoms with Gasteiger partial charge in [-0.05, 0) is 71.8 Å². The van der Waals surface area contributed by atoms with E-state index in [-0.39, 0.29) is 47.6 Å². The van der Waals surface area contributed by atoms with E-state index in [0.29, 0.717) is 26.5 Å². The number of alkyl halides is 3. The van der Waals surface area contributed by atoms with E-state index in [1.54, 1.807) is 49.3 Å². The van der Waals surface area contributed by atoms with E-state index in [2.05, 4.69) is 4.74 Å². The lowest BCUT2D eigenvalue weighted by molar-refractivity contribution is -0.275. The summed E-state index contributed by atoms with van der Waals surface area (Å²) in [5.41, 5.74) is -1.62. The molecule has 1 unspecified atom stereocenters. The van der Waals surface area contributed by atoms with Crippen molar-refractivity contribution in [1.29, 1.82) is 0 Å². The largest absolute Gasteiger partial charge is 0.573 e. The molecule has 3 aromatic rings. The predicted molar refractivity (Wildman–Crippen MR) is 165 cm³/mol. The first-order chi connectivity index (χ1) is 21.7. The van der Waals surface area contributed by atoms with E-state index in [0.717, 1.165) is 18.2 Å². The number of halogens is 4. The van der Waals surface area contributed by atoms with Crippen molar-refractivity contribution in [2.24, 2.45) is 0 Å². The van der Waals surface area contributed by atoms with Crippen LogP contribution in [0.15, 0.2) is 59.5 Å². The molecule has 1 saturated heterocycles. The molecular formula is C30H27F3IN3O8S. The predicted octanol–water partition coefficient (Wildman–Crippen LogP) is 4.46. The molecule has 3 aliphatic rings. The Morgan fingerprint density at radius 3 is 2.54 bits per heavy atom. The molecule has 2 amide bonds. The molecule has 1 fully saturated rings. The van der Waals surface area contributed by atoms with E-state index in [1.807, 2.05) is 22.6 Å². The average Bonchev–Trinajstić information content (AvgIpc) is 3.72. The number of ether oxygens (including phenoxy) is 4. The zero-order chi connectivity index (χ0) is 33.2. The summed E-state index contributed by atoms with van der Waals surface area (Å²) in [6, 6.07) is 11.5. The van der Waals surface area contributed by atoms with Gasteiger partial charge in [0.1, 0.15) is 10.6 Å². The van der Waals surface area contributed by atoms with E-state index < -0.39 is 44.5 Å². The van der Waals surface area contributed by atoms with Crippen molar-refractivity contribution in [3.05, 3.63) is 69.3 Å². The van der Waals surface area contributed by atoms with Crippen LogP contribution in [0.25, 0.3) is 0 Å². The Labute approximate surface area is 275 Å². The van der Waals surface area contributed by atoms with Crippen molar-refractivity contribution in [2.45, 2.75) is 35.7 Å². The first kappa shape index (κ1) is 32.2. The number of nitrogens with zero attached hydrogens (tertiary/aromatic N) is 3. The van der Waals surface area contributed by atoms with Crippen LogP contribution in [0, 0.1) is 3.57 Å². The highest BCUT2D eigenvalue weighted by atomic mass is 127. The van der Waals surface area contributed by atoms with Crippen LogP contribution in [-0.4, -0.2) is 77.0 Å². The summed E-state index contributed by atoms with van der Waals surface area (Å²) in [6.45, 7) is 0.0478. The lowest BCUT2D eigenvalue weighted by atomic mass is 9.80. The molecule has 11 nitrogen and oxygen atoms in total. The zero-order valence-corrected chi connectivity index (χ0v) is 27.6. The number of likely N-dealkylation sites (tertiary alicyclic amines) is 1. The van der Waals surface area contributed by atoms with E-state index in [9.17, 15) is 26.4 Å². The molecular weight excluding hydrogens is 746 g/mol. The van der Waals surface area contributed by atoms with Crippen molar-refractivity contribution in [3.8, 4) is 23.0 Å². The smallest absolute Gasteiger partial charge is 0.497 e. The Balaban J connectivity index is 1.65. The topological polar surface area (TPSA) is 115 Å². The molecule has 0 bridgehead atoms. The summed E-state index contributed by atoms with van der Waals surface area (Å²) in [5.74, 6) is -2.02. The molecule has 6 rings (SSSR count). The third kappa shape index (κ3) is 5.00. The maximum absolute atomic E-state index is 15.3. The molecule has 0 aliphatic carbocycles. The molecule has 2 atom stereocenters. The summed E-state index contributed by atoms with van der Waals surface area (Å²) >= 11 is 2.03. The highest BCUT2D eigenvalue weighted by Crippen LogP contribution is 2.57. The minimum absolute atomic E-state index is 0.0985. The summed E-state index contributed by atoms with van der Waals surface area (Å²) in [6.07, 6.45) is -4.40. The van der Waals surface area contributed by atoms with Crippen LogP contribution in [0.5, 0.6) is 23.0 Å². The van der Waals surface area contributed by atoms with E-state index in [1.165, 1.54) is 18.1 Å². The second kappa shape index (κ2) is 11.5. The highest BCUT2D eigenvalue weighted by molar-refractivity contribution is 14.1. The number of para-hydroxylation sites is 1. The number of sulfonamides is 1. The van der Waals surface area contributed by atoms with Crippen LogP contribution >= 0.6 is 22.6 Å². The van der Waals surface area contributed by atoms with Gasteiger partial charge in [0.05, 0.1) is 18.8 Å². The van der Waals surface area contributed by atoms with E-state index in [4.69, 9.17) is 14.2 Å². The number of carbonyl (C=O) groups excluding carboxylic acids is 2. The molecule has 244 valence electrons. The molecule has 3 aromatic carbocycles. The maximum atomic E-state index is 15.3. The molecule has 0 aromatic heterocycles. The lowest BCUT2D eigenvalue weighted by Crippen LogP contribution is -2.59. The van der Waals surface area contributed by atoms with Crippen LogP contribution in [0.3, 0.4) is 0 Å². The van der Waals surface area contributed by atoms with Crippen molar-refractivity contribution >= 4 is 50.1 Å². The van der Waals surface area contributed by atoms with Gasteiger partial charge in [0.25, 0.3) is 15.9 Å². The van der Waals surface area contributed by atoms with Gasteiger partial charge >= 0.3 is 6.36 Å². The number of rotatable bonds is 7. The van der Waals surface area contributed by atoms with Crippen LogP contribution < -0.4 is 23.3 Å². The van der Waals surface area contributed by atoms with Gasteiger partial charge in [0.2, 0.25) is 12.7 Å². The second-order valence-corrected chi connectivity index (χ2v) is 13.9. The Hall–Kier alpha value is -3.77. The third-order valence-electron chi connectivity index (χ3n) is 8.15. The van der Waals surface area contributed by atoms with Gasteiger partial charge in [-0.15, -0.1) is 13.2 Å². The molecule has 46 heavy (non-hydrogen) atoms. The number of hydrogen-bond acceptors (Lipinski definition) is 9. The molecule has 3 heterocycles. The maximum Gasteiger partial charge on any atom is 0.573 e. The second-order valence-electron chi connectivity index (χ2n) is 10.9. The Bertz CT molecular complexity index is 1860. The number of benzene rings is 3. The van der Waals surface area contributed by atoms with Crippen LogP contribution in [0.1, 0.15) is 24.0 Å². The van der Waals surface area contributed by atoms with Gasteiger partial charge in [-0.3, -0.25) is 14.5 Å². The van der Waals surface area contributed by atoms with Gasteiger partial charge in [0, 0.05) is 41.4 Å². The number of anilines is 1. The monoisotopic (exact) mass is 773 g/mol. The quantitative estimate of drug-likeness (QED) is 0.322. The van der Waals surface area contributed by atoms with Crippen molar-refractivity contribution in [1.82, 2.24) is 9.80 Å². The third-order valence-corrected chi connectivity index (χ3v) is 10.6. The van der Waals surface area contributed by atoms with Gasteiger partial charge in [-0.25, -0.2) is 12.7 Å². The van der Waals surface area contributed by atoms with Crippen molar-refractivity contribution in [2.75, 3.05) is 38.8 Å². The van der Waals surface area contributed by atoms with Crippen molar-refractivity contribution < 1.29 is 50.1 Å². The number of hydrogen-bond donors (Lipinski definition) is 0. The lowest BCUT2D eigenvalue weighted by Gasteiger charge is -2.41. The van der Waals surface area contributed by atoms with Crippen molar-refractivity contribution in [3.63, 3.8) is 0 Å². The molecule has 3 aliphatic heterocycles.